The van der Waals surface area contributed by atoms with E-state index in [9.17, 15) is 9.59 Å². The molecule has 1 saturated heterocycles. The van der Waals surface area contributed by atoms with Crippen molar-refractivity contribution in [3.05, 3.63) is 12.7 Å². The lowest BCUT2D eigenvalue weighted by Crippen LogP contribution is -2.61. The Balaban J connectivity index is 2.99. The zero-order chi connectivity index (χ0) is 17.9. The van der Waals surface area contributed by atoms with Gasteiger partial charge in [0.25, 0.3) is 0 Å². The van der Waals surface area contributed by atoms with Crippen LogP contribution in [0.5, 0.6) is 0 Å². The Labute approximate surface area is 137 Å². The number of hydrazine groups is 1. The Kier molecular flexibility index (Phi) is 5.69. The molecule has 1 aliphatic rings. The number of ether oxygens (including phenoxy) is 3. The van der Waals surface area contributed by atoms with Gasteiger partial charge in [-0.15, -0.1) is 6.58 Å². The van der Waals surface area contributed by atoms with Crippen molar-refractivity contribution in [1.29, 1.82) is 0 Å². The summed E-state index contributed by atoms with van der Waals surface area (Å²) in [7, 11) is 0. The fourth-order valence-corrected chi connectivity index (χ4v) is 2.04. The second-order valence-corrected chi connectivity index (χ2v) is 7.54. The lowest BCUT2D eigenvalue weighted by Gasteiger charge is -2.38. The molecule has 23 heavy (non-hydrogen) atoms. The fraction of sp³-hybridized carbons (Fsp3) is 0.750. The number of hydrogen-bond acceptors (Lipinski definition) is 5. The van der Waals surface area contributed by atoms with Gasteiger partial charge in [0.2, 0.25) is 0 Å². The number of carbonyl (C=O) groups is 2. The van der Waals surface area contributed by atoms with Crippen LogP contribution in [0.3, 0.4) is 0 Å². The number of nitrogens with one attached hydrogen (secondary N) is 1. The predicted molar refractivity (Wildman–Crippen MR) is 85.8 cm³/mol. The quantitative estimate of drug-likeness (QED) is 0.623. The van der Waals surface area contributed by atoms with Gasteiger partial charge in [-0.2, -0.15) is 0 Å². The number of carbonyl (C=O) groups excluding carboxylic acids is 2. The molecule has 0 spiro atoms. The van der Waals surface area contributed by atoms with Gasteiger partial charge in [0.15, 0.2) is 0 Å². The highest BCUT2D eigenvalue weighted by atomic mass is 16.6. The summed E-state index contributed by atoms with van der Waals surface area (Å²) in [6.45, 7) is 14.9. The monoisotopic (exact) mass is 328 g/mol. The van der Waals surface area contributed by atoms with E-state index in [1.807, 2.05) is 0 Å². The molecule has 1 unspecified atom stereocenters. The molecular weight excluding hydrogens is 300 g/mol. The van der Waals surface area contributed by atoms with Crippen molar-refractivity contribution in [1.82, 2.24) is 10.4 Å². The summed E-state index contributed by atoms with van der Waals surface area (Å²) < 4.78 is 16.0. The van der Waals surface area contributed by atoms with Crippen LogP contribution in [0.2, 0.25) is 0 Å². The molecule has 7 heteroatoms. The van der Waals surface area contributed by atoms with E-state index in [-0.39, 0.29) is 6.61 Å². The minimum absolute atomic E-state index is 0.228. The van der Waals surface area contributed by atoms with Gasteiger partial charge in [0.1, 0.15) is 16.7 Å². The average molecular weight is 328 g/mol. The summed E-state index contributed by atoms with van der Waals surface area (Å²) in [6, 6.07) is 0. The van der Waals surface area contributed by atoms with E-state index in [0.717, 1.165) is 5.01 Å². The molecule has 0 saturated carbocycles. The standard InChI is InChI=1S/C16H28N2O5/c1-8-16(9-10-21-11-16)18(13(20)23-15(5,6)7)17-12(19)22-14(2,3)4/h8H,1,9-11H2,2-7H3,(H,17,19). The van der Waals surface area contributed by atoms with Gasteiger partial charge in [0, 0.05) is 13.0 Å². The third-order valence-corrected chi connectivity index (χ3v) is 3.03. The molecule has 0 aromatic heterocycles. The van der Waals surface area contributed by atoms with Gasteiger partial charge >= 0.3 is 12.2 Å². The summed E-state index contributed by atoms with van der Waals surface area (Å²) in [5.74, 6) is 0. The van der Waals surface area contributed by atoms with Crippen LogP contribution < -0.4 is 5.43 Å². The number of hydrogen-bond donors (Lipinski definition) is 1. The first kappa shape index (κ1) is 19.3. The smallest absolute Gasteiger partial charge is 0.430 e. The van der Waals surface area contributed by atoms with E-state index in [2.05, 4.69) is 12.0 Å². The van der Waals surface area contributed by atoms with Crippen LogP contribution >= 0.6 is 0 Å². The summed E-state index contributed by atoms with van der Waals surface area (Å²) in [4.78, 5) is 24.6. The SMILES string of the molecule is C=CC1(N(NC(=O)OC(C)(C)C)C(=O)OC(C)(C)C)CCOC1. The van der Waals surface area contributed by atoms with E-state index < -0.39 is 28.9 Å². The lowest BCUT2D eigenvalue weighted by atomic mass is 9.98. The third-order valence-electron chi connectivity index (χ3n) is 3.03. The maximum absolute atomic E-state index is 12.5. The first-order valence-corrected chi connectivity index (χ1v) is 7.63. The van der Waals surface area contributed by atoms with E-state index in [0.29, 0.717) is 13.0 Å². The average Bonchev–Trinajstić information content (AvgIpc) is 2.81. The molecule has 7 nitrogen and oxygen atoms in total. The van der Waals surface area contributed by atoms with Crippen LogP contribution in [0, 0.1) is 0 Å². The molecule has 1 rings (SSSR count). The van der Waals surface area contributed by atoms with Gasteiger partial charge in [0.05, 0.1) is 6.61 Å². The molecule has 1 N–H and O–H groups in total. The predicted octanol–water partition coefficient (Wildman–Crippen LogP) is 3.01. The number of nitrogens with zero attached hydrogens (tertiary/aromatic N) is 1. The highest BCUT2D eigenvalue weighted by molar-refractivity contribution is 5.75. The maximum atomic E-state index is 12.5. The van der Waals surface area contributed by atoms with Crippen molar-refractivity contribution in [3.8, 4) is 0 Å². The van der Waals surface area contributed by atoms with Crippen molar-refractivity contribution in [2.75, 3.05) is 13.2 Å². The molecule has 1 aliphatic heterocycles. The van der Waals surface area contributed by atoms with Gasteiger partial charge in [-0.1, -0.05) is 6.08 Å². The third kappa shape index (κ3) is 5.74. The Bertz CT molecular complexity index is 456. The number of amides is 2. The van der Waals surface area contributed by atoms with Gasteiger partial charge in [-0.3, -0.25) is 0 Å². The van der Waals surface area contributed by atoms with E-state index in [1.54, 1.807) is 47.6 Å². The topological polar surface area (TPSA) is 77.1 Å². The van der Waals surface area contributed by atoms with Gasteiger partial charge in [-0.25, -0.2) is 20.0 Å². The van der Waals surface area contributed by atoms with Crippen LogP contribution in [0.15, 0.2) is 12.7 Å². The first-order valence-electron chi connectivity index (χ1n) is 7.63. The van der Waals surface area contributed by atoms with Gasteiger partial charge < -0.3 is 14.2 Å². The minimum Gasteiger partial charge on any atom is -0.443 e. The Hall–Kier alpha value is -1.76. The molecule has 0 aromatic rings. The van der Waals surface area contributed by atoms with Crippen molar-refractivity contribution >= 4 is 12.2 Å². The van der Waals surface area contributed by atoms with Crippen LogP contribution in [0.25, 0.3) is 0 Å². The Morgan fingerprint density at radius 3 is 2.13 bits per heavy atom. The van der Waals surface area contributed by atoms with Crippen LogP contribution in [0.1, 0.15) is 48.0 Å². The molecular formula is C16H28N2O5. The van der Waals surface area contributed by atoms with E-state index >= 15 is 0 Å². The highest BCUT2D eigenvalue weighted by Gasteiger charge is 2.44. The number of rotatable bonds is 2. The minimum atomic E-state index is -0.862. The van der Waals surface area contributed by atoms with Crippen molar-refractivity contribution < 1.29 is 23.8 Å². The van der Waals surface area contributed by atoms with Crippen molar-refractivity contribution in [2.45, 2.75) is 64.7 Å². The molecule has 1 atom stereocenters. The van der Waals surface area contributed by atoms with Crippen molar-refractivity contribution in [2.24, 2.45) is 0 Å². The molecule has 1 heterocycles. The van der Waals surface area contributed by atoms with Crippen molar-refractivity contribution in [3.63, 3.8) is 0 Å². The first-order chi connectivity index (χ1) is 10.4. The Morgan fingerprint density at radius 2 is 1.74 bits per heavy atom. The second-order valence-electron chi connectivity index (χ2n) is 7.54. The second kappa shape index (κ2) is 6.78. The summed E-state index contributed by atoms with van der Waals surface area (Å²) in [5, 5.41) is 1.12. The molecule has 132 valence electrons. The molecule has 2 amide bonds. The largest absolute Gasteiger partial charge is 0.443 e. The summed E-state index contributed by atoms with van der Waals surface area (Å²) in [6.07, 6.45) is 0.664. The van der Waals surface area contributed by atoms with Gasteiger partial charge in [-0.05, 0) is 41.5 Å². The van der Waals surface area contributed by atoms with E-state index in [1.165, 1.54) is 0 Å². The van der Waals surface area contributed by atoms with Crippen LogP contribution in [-0.4, -0.2) is 47.2 Å². The van der Waals surface area contributed by atoms with E-state index in [4.69, 9.17) is 14.2 Å². The lowest BCUT2D eigenvalue weighted by molar-refractivity contribution is -0.0235. The molecule has 0 bridgehead atoms. The fourth-order valence-electron chi connectivity index (χ4n) is 2.04. The summed E-state index contributed by atoms with van der Waals surface area (Å²) in [5.41, 5.74) is 0.229. The maximum Gasteiger partial charge on any atom is 0.430 e. The summed E-state index contributed by atoms with van der Waals surface area (Å²) >= 11 is 0. The molecule has 0 radical (unpaired) electrons. The Morgan fingerprint density at radius 1 is 1.17 bits per heavy atom. The van der Waals surface area contributed by atoms with Crippen LogP contribution in [0.4, 0.5) is 9.59 Å². The molecule has 0 aliphatic carbocycles. The zero-order valence-electron chi connectivity index (χ0n) is 14.9. The molecule has 1 fully saturated rings. The zero-order valence-corrected chi connectivity index (χ0v) is 14.9. The molecule has 0 aromatic carbocycles. The normalized spacial score (nSPS) is 21.5. The van der Waals surface area contributed by atoms with Crippen LogP contribution in [-0.2, 0) is 14.2 Å². The highest BCUT2D eigenvalue weighted by Crippen LogP contribution is 2.28.